The Kier molecular flexibility index (Phi) is 4.04. The van der Waals surface area contributed by atoms with Crippen LogP contribution in [0.15, 0.2) is 11.6 Å². The van der Waals surface area contributed by atoms with Crippen LogP contribution < -0.4 is 5.32 Å². The molecule has 0 saturated heterocycles. The average Bonchev–Trinajstić information content (AvgIpc) is 2.81. The van der Waals surface area contributed by atoms with E-state index in [9.17, 15) is 0 Å². The van der Waals surface area contributed by atoms with Gasteiger partial charge in [0.15, 0.2) is 4.96 Å². The summed E-state index contributed by atoms with van der Waals surface area (Å²) in [6, 6.07) is 0. The molecule has 0 bridgehead atoms. The lowest BCUT2D eigenvalue weighted by Crippen LogP contribution is -2.30. The van der Waals surface area contributed by atoms with Crippen LogP contribution in [-0.4, -0.2) is 27.6 Å². The third-order valence-corrected chi connectivity index (χ3v) is 4.00. The molecule has 0 atom stereocenters. The highest BCUT2D eigenvalue weighted by molar-refractivity contribution is 7.15. The number of nitrogens with zero attached hydrogens (tertiary/aromatic N) is 2. The molecule has 0 amide bonds. The van der Waals surface area contributed by atoms with Crippen LogP contribution in [-0.2, 0) is 6.54 Å². The Balaban J connectivity index is 1.98. The number of imidazole rings is 1. The molecule has 5 heteroatoms. The SMILES string of the molecule is Cc1nc2sccn2c1CNCC(C)(C)CCO. The first-order valence-corrected chi connectivity index (χ1v) is 7.14. The minimum Gasteiger partial charge on any atom is -0.396 e. The number of nitrogens with one attached hydrogen (secondary N) is 1. The van der Waals surface area contributed by atoms with E-state index in [1.807, 2.05) is 0 Å². The van der Waals surface area contributed by atoms with Crippen molar-refractivity contribution < 1.29 is 5.11 Å². The van der Waals surface area contributed by atoms with E-state index in [2.05, 4.69) is 47.0 Å². The molecule has 2 heterocycles. The van der Waals surface area contributed by atoms with Crippen molar-refractivity contribution in [3.8, 4) is 0 Å². The normalized spacial score (nSPS) is 12.4. The van der Waals surface area contributed by atoms with Gasteiger partial charge < -0.3 is 10.4 Å². The molecule has 100 valence electrons. The second-order valence-electron chi connectivity index (χ2n) is 5.44. The summed E-state index contributed by atoms with van der Waals surface area (Å²) in [4.78, 5) is 5.58. The number of fused-ring (bicyclic) bond motifs is 1. The van der Waals surface area contributed by atoms with Gasteiger partial charge in [-0.05, 0) is 18.8 Å². The summed E-state index contributed by atoms with van der Waals surface area (Å²) in [5.41, 5.74) is 2.45. The van der Waals surface area contributed by atoms with E-state index in [1.54, 1.807) is 11.3 Å². The summed E-state index contributed by atoms with van der Waals surface area (Å²) in [6.45, 7) is 8.34. The van der Waals surface area contributed by atoms with E-state index >= 15 is 0 Å². The molecule has 18 heavy (non-hydrogen) atoms. The van der Waals surface area contributed by atoms with Crippen molar-refractivity contribution in [2.45, 2.75) is 33.7 Å². The third kappa shape index (κ3) is 2.91. The molecule has 0 fully saturated rings. The van der Waals surface area contributed by atoms with Crippen LogP contribution in [0.1, 0.15) is 31.7 Å². The summed E-state index contributed by atoms with van der Waals surface area (Å²) in [6.07, 6.45) is 2.88. The highest BCUT2D eigenvalue weighted by Gasteiger charge is 2.17. The summed E-state index contributed by atoms with van der Waals surface area (Å²) in [5, 5.41) is 14.5. The smallest absolute Gasteiger partial charge is 0.194 e. The molecule has 0 aliphatic heterocycles. The number of hydrogen-bond acceptors (Lipinski definition) is 4. The van der Waals surface area contributed by atoms with Crippen molar-refractivity contribution in [2.75, 3.05) is 13.2 Å². The zero-order valence-corrected chi connectivity index (χ0v) is 12.0. The van der Waals surface area contributed by atoms with Crippen LogP contribution in [0, 0.1) is 12.3 Å². The topological polar surface area (TPSA) is 49.6 Å². The molecule has 2 aromatic rings. The predicted octanol–water partition coefficient (Wildman–Crippen LogP) is 2.20. The van der Waals surface area contributed by atoms with E-state index in [-0.39, 0.29) is 12.0 Å². The quantitative estimate of drug-likeness (QED) is 0.843. The molecule has 2 N–H and O–H groups in total. The van der Waals surface area contributed by atoms with Crippen LogP contribution in [0.2, 0.25) is 0 Å². The Bertz CT molecular complexity index is 515. The standard InChI is InChI=1S/C13H21N3OS/c1-10-11(16-5-7-18-12(16)15-10)8-14-9-13(2,3)4-6-17/h5,7,14,17H,4,6,8-9H2,1-3H3. The summed E-state index contributed by atoms with van der Waals surface area (Å²) in [5.74, 6) is 0. The summed E-state index contributed by atoms with van der Waals surface area (Å²) in [7, 11) is 0. The monoisotopic (exact) mass is 267 g/mol. The van der Waals surface area contributed by atoms with Crippen LogP contribution in [0.5, 0.6) is 0 Å². The van der Waals surface area contributed by atoms with Crippen LogP contribution in [0.4, 0.5) is 0 Å². The first-order chi connectivity index (χ1) is 8.53. The fourth-order valence-corrected chi connectivity index (χ4v) is 2.84. The van der Waals surface area contributed by atoms with E-state index in [4.69, 9.17) is 5.11 Å². The largest absolute Gasteiger partial charge is 0.396 e. The van der Waals surface area contributed by atoms with Crippen LogP contribution in [0.25, 0.3) is 4.96 Å². The molecular formula is C13H21N3OS. The van der Waals surface area contributed by atoms with Gasteiger partial charge in [-0.1, -0.05) is 13.8 Å². The maximum absolute atomic E-state index is 9.00. The molecule has 0 saturated carbocycles. The van der Waals surface area contributed by atoms with Crippen LogP contribution in [0.3, 0.4) is 0 Å². The molecule has 4 nitrogen and oxygen atoms in total. The van der Waals surface area contributed by atoms with Crippen molar-refractivity contribution in [3.63, 3.8) is 0 Å². The Morgan fingerprint density at radius 2 is 2.28 bits per heavy atom. The molecular weight excluding hydrogens is 246 g/mol. The van der Waals surface area contributed by atoms with E-state index < -0.39 is 0 Å². The number of thiazole rings is 1. The Hall–Kier alpha value is -0.910. The van der Waals surface area contributed by atoms with Crippen molar-refractivity contribution in [3.05, 3.63) is 23.0 Å². The Labute approximate surface area is 112 Å². The maximum Gasteiger partial charge on any atom is 0.194 e. The van der Waals surface area contributed by atoms with Crippen molar-refractivity contribution in [1.29, 1.82) is 0 Å². The molecule has 0 aliphatic rings. The number of aliphatic hydroxyl groups is 1. The van der Waals surface area contributed by atoms with Crippen molar-refractivity contribution >= 4 is 16.3 Å². The van der Waals surface area contributed by atoms with Gasteiger partial charge in [-0.25, -0.2) is 4.98 Å². The molecule has 0 radical (unpaired) electrons. The number of aliphatic hydroxyl groups excluding tert-OH is 1. The summed E-state index contributed by atoms with van der Waals surface area (Å²) >= 11 is 1.66. The lowest BCUT2D eigenvalue weighted by Gasteiger charge is -2.23. The zero-order chi connectivity index (χ0) is 13.2. The first-order valence-electron chi connectivity index (χ1n) is 6.26. The van der Waals surface area contributed by atoms with Gasteiger partial charge in [0.05, 0.1) is 11.4 Å². The van der Waals surface area contributed by atoms with E-state index in [0.717, 1.165) is 30.2 Å². The van der Waals surface area contributed by atoms with Crippen molar-refractivity contribution in [1.82, 2.24) is 14.7 Å². The van der Waals surface area contributed by atoms with E-state index in [0.29, 0.717) is 0 Å². The highest BCUT2D eigenvalue weighted by atomic mass is 32.1. The Morgan fingerprint density at radius 1 is 1.50 bits per heavy atom. The molecule has 2 aromatic heterocycles. The van der Waals surface area contributed by atoms with Gasteiger partial charge in [0, 0.05) is 31.3 Å². The molecule has 0 spiro atoms. The minimum atomic E-state index is 0.126. The molecule has 0 unspecified atom stereocenters. The van der Waals surface area contributed by atoms with Gasteiger partial charge in [0.25, 0.3) is 0 Å². The number of rotatable bonds is 6. The second-order valence-corrected chi connectivity index (χ2v) is 6.31. The minimum absolute atomic E-state index is 0.126. The van der Waals surface area contributed by atoms with Gasteiger partial charge in [0.2, 0.25) is 0 Å². The lowest BCUT2D eigenvalue weighted by molar-refractivity contribution is 0.207. The second kappa shape index (κ2) is 5.38. The van der Waals surface area contributed by atoms with Gasteiger partial charge >= 0.3 is 0 Å². The third-order valence-electron chi connectivity index (χ3n) is 3.25. The highest BCUT2D eigenvalue weighted by Crippen LogP contribution is 2.19. The van der Waals surface area contributed by atoms with Crippen molar-refractivity contribution in [2.24, 2.45) is 5.41 Å². The fourth-order valence-electron chi connectivity index (χ4n) is 2.06. The van der Waals surface area contributed by atoms with E-state index in [1.165, 1.54) is 5.69 Å². The summed E-state index contributed by atoms with van der Waals surface area (Å²) < 4.78 is 2.14. The number of hydrogen-bond donors (Lipinski definition) is 2. The first kappa shape index (κ1) is 13.5. The Morgan fingerprint density at radius 3 is 3.00 bits per heavy atom. The lowest BCUT2D eigenvalue weighted by atomic mass is 9.90. The zero-order valence-electron chi connectivity index (χ0n) is 11.2. The molecule has 0 aliphatic carbocycles. The number of aromatic nitrogens is 2. The predicted molar refractivity (Wildman–Crippen MR) is 75.0 cm³/mol. The van der Waals surface area contributed by atoms with Gasteiger partial charge in [-0.3, -0.25) is 4.40 Å². The maximum atomic E-state index is 9.00. The molecule has 0 aromatic carbocycles. The number of aryl methyl sites for hydroxylation is 1. The van der Waals surface area contributed by atoms with Gasteiger partial charge in [-0.2, -0.15) is 0 Å². The van der Waals surface area contributed by atoms with Gasteiger partial charge in [-0.15, -0.1) is 11.3 Å². The van der Waals surface area contributed by atoms with Crippen LogP contribution >= 0.6 is 11.3 Å². The fraction of sp³-hybridized carbons (Fsp3) is 0.615. The van der Waals surface area contributed by atoms with Gasteiger partial charge in [0.1, 0.15) is 0 Å². The average molecular weight is 267 g/mol. The molecule has 2 rings (SSSR count).